The molecule has 5 heteroatoms. The molecule has 0 unspecified atom stereocenters. The summed E-state index contributed by atoms with van der Waals surface area (Å²) in [7, 11) is 0. The van der Waals surface area contributed by atoms with Crippen molar-refractivity contribution in [3.63, 3.8) is 0 Å². The molecule has 4 nitrogen and oxygen atoms in total. The molecule has 2 amide bonds. The summed E-state index contributed by atoms with van der Waals surface area (Å²) in [4.78, 5) is 26.8. The molecular weight excluding hydrogens is 336 g/mol. The highest BCUT2D eigenvalue weighted by Crippen LogP contribution is 2.20. The van der Waals surface area contributed by atoms with E-state index < -0.39 is 0 Å². The minimum absolute atomic E-state index is 0.00690. The average Bonchev–Trinajstić information content (AvgIpc) is 2.66. The number of hydrogen-bond acceptors (Lipinski definition) is 2. The second kappa shape index (κ2) is 8.17. The molecule has 0 saturated carbocycles. The normalized spacial score (nSPS) is 17.2. The van der Waals surface area contributed by atoms with E-state index in [1.54, 1.807) is 29.2 Å². The van der Waals surface area contributed by atoms with Gasteiger partial charge in [0.1, 0.15) is 0 Å². The molecule has 0 aromatic heterocycles. The minimum atomic E-state index is -0.166. The highest BCUT2D eigenvalue weighted by atomic mass is 35.5. The van der Waals surface area contributed by atoms with Crippen molar-refractivity contribution in [3.05, 3.63) is 70.7 Å². The van der Waals surface area contributed by atoms with Gasteiger partial charge < -0.3 is 10.2 Å². The summed E-state index contributed by atoms with van der Waals surface area (Å²) in [5.74, 6) is -0.226. The van der Waals surface area contributed by atoms with Crippen LogP contribution in [0.15, 0.2) is 54.6 Å². The number of nitrogens with zero attached hydrogens (tertiary/aromatic N) is 1. The van der Waals surface area contributed by atoms with E-state index in [1.807, 2.05) is 30.3 Å². The van der Waals surface area contributed by atoms with E-state index in [-0.39, 0.29) is 17.7 Å². The lowest BCUT2D eigenvalue weighted by Crippen LogP contribution is -2.45. The fourth-order valence-corrected chi connectivity index (χ4v) is 3.30. The molecule has 2 aromatic rings. The Balaban J connectivity index is 1.58. The van der Waals surface area contributed by atoms with Crippen LogP contribution >= 0.6 is 11.6 Å². The lowest BCUT2D eigenvalue weighted by atomic mass is 9.96. The summed E-state index contributed by atoms with van der Waals surface area (Å²) < 4.78 is 0. The van der Waals surface area contributed by atoms with Crippen LogP contribution in [0.3, 0.4) is 0 Å². The van der Waals surface area contributed by atoms with Crippen molar-refractivity contribution in [1.82, 2.24) is 10.2 Å². The van der Waals surface area contributed by atoms with Crippen LogP contribution in [-0.4, -0.2) is 29.8 Å². The Morgan fingerprint density at radius 3 is 2.68 bits per heavy atom. The second-order valence-electron chi connectivity index (χ2n) is 6.30. The van der Waals surface area contributed by atoms with Crippen LogP contribution in [-0.2, 0) is 11.3 Å². The molecule has 1 atom stereocenters. The quantitative estimate of drug-likeness (QED) is 0.911. The SMILES string of the molecule is O=C(NCc1ccccc1)[C@H]1CCCN(C(=O)c2cccc(Cl)c2)C1. The molecule has 1 N–H and O–H groups in total. The molecule has 25 heavy (non-hydrogen) atoms. The van der Waals surface area contributed by atoms with Crippen molar-refractivity contribution in [2.24, 2.45) is 5.92 Å². The highest BCUT2D eigenvalue weighted by molar-refractivity contribution is 6.30. The molecule has 0 spiro atoms. The van der Waals surface area contributed by atoms with Gasteiger partial charge in [-0.1, -0.05) is 48.0 Å². The summed E-state index contributed by atoms with van der Waals surface area (Å²) >= 11 is 5.97. The van der Waals surface area contributed by atoms with Crippen molar-refractivity contribution in [1.29, 1.82) is 0 Å². The number of hydrogen-bond donors (Lipinski definition) is 1. The number of nitrogens with one attached hydrogen (secondary N) is 1. The average molecular weight is 357 g/mol. The summed E-state index contributed by atoms with van der Waals surface area (Å²) in [6.07, 6.45) is 1.63. The van der Waals surface area contributed by atoms with E-state index in [1.165, 1.54) is 0 Å². The first-order chi connectivity index (χ1) is 12.1. The fourth-order valence-electron chi connectivity index (χ4n) is 3.11. The van der Waals surface area contributed by atoms with Gasteiger partial charge in [-0.2, -0.15) is 0 Å². The monoisotopic (exact) mass is 356 g/mol. The van der Waals surface area contributed by atoms with Crippen LogP contribution in [0.4, 0.5) is 0 Å². The van der Waals surface area contributed by atoms with Crippen LogP contribution in [0.1, 0.15) is 28.8 Å². The van der Waals surface area contributed by atoms with Gasteiger partial charge in [0.15, 0.2) is 0 Å². The first-order valence-corrected chi connectivity index (χ1v) is 8.88. The third-order valence-corrected chi connectivity index (χ3v) is 4.70. The Morgan fingerprint density at radius 1 is 1.12 bits per heavy atom. The van der Waals surface area contributed by atoms with Gasteiger partial charge in [0.25, 0.3) is 5.91 Å². The Bertz CT molecular complexity index is 748. The molecule has 1 aliphatic heterocycles. The van der Waals surface area contributed by atoms with Gasteiger partial charge in [-0.15, -0.1) is 0 Å². The number of halogens is 1. The van der Waals surface area contributed by atoms with Gasteiger partial charge in [-0.3, -0.25) is 9.59 Å². The molecule has 0 radical (unpaired) electrons. The lowest BCUT2D eigenvalue weighted by Gasteiger charge is -2.32. The van der Waals surface area contributed by atoms with E-state index in [0.717, 1.165) is 18.4 Å². The summed E-state index contributed by atoms with van der Waals surface area (Å²) in [6.45, 7) is 1.64. The maximum absolute atomic E-state index is 12.6. The Morgan fingerprint density at radius 2 is 1.92 bits per heavy atom. The third kappa shape index (κ3) is 4.60. The van der Waals surface area contributed by atoms with Crippen LogP contribution < -0.4 is 5.32 Å². The van der Waals surface area contributed by atoms with Crippen LogP contribution in [0.2, 0.25) is 5.02 Å². The third-order valence-electron chi connectivity index (χ3n) is 4.46. The fraction of sp³-hybridized carbons (Fsp3) is 0.300. The van der Waals surface area contributed by atoms with Crippen molar-refractivity contribution in [2.75, 3.05) is 13.1 Å². The van der Waals surface area contributed by atoms with Gasteiger partial charge in [-0.25, -0.2) is 0 Å². The highest BCUT2D eigenvalue weighted by Gasteiger charge is 2.28. The first kappa shape index (κ1) is 17.5. The summed E-state index contributed by atoms with van der Waals surface area (Å²) in [5.41, 5.74) is 1.64. The molecule has 1 fully saturated rings. The van der Waals surface area contributed by atoms with Gasteiger partial charge in [0, 0.05) is 30.2 Å². The van der Waals surface area contributed by atoms with Gasteiger partial charge in [-0.05, 0) is 36.6 Å². The number of benzene rings is 2. The predicted molar refractivity (Wildman–Crippen MR) is 98.4 cm³/mol. The zero-order valence-corrected chi connectivity index (χ0v) is 14.7. The summed E-state index contributed by atoms with van der Waals surface area (Å²) in [5, 5.41) is 3.52. The zero-order chi connectivity index (χ0) is 17.6. The molecule has 130 valence electrons. The molecule has 0 aliphatic carbocycles. The predicted octanol–water partition coefficient (Wildman–Crippen LogP) is 3.51. The van der Waals surface area contributed by atoms with Crippen LogP contribution in [0, 0.1) is 5.92 Å². The molecule has 0 bridgehead atoms. The Kier molecular flexibility index (Phi) is 5.71. The van der Waals surface area contributed by atoms with E-state index >= 15 is 0 Å². The molecule has 1 aliphatic rings. The van der Waals surface area contributed by atoms with Crippen LogP contribution in [0.25, 0.3) is 0 Å². The number of piperidine rings is 1. The van der Waals surface area contributed by atoms with Gasteiger partial charge in [0.05, 0.1) is 5.92 Å². The standard InChI is InChI=1S/C20H21ClN2O2/c21-18-10-4-8-16(12-18)20(25)23-11-5-9-17(14-23)19(24)22-13-15-6-2-1-3-7-15/h1-4,6-8,10,12,17H,5,9,11,13-14H2,(H,22,24)/t17-/m0/s1. The zero-order valence-electron chi connectivity index (χ0n) is 14.0. The van der Waals surface area contributed by atoms with Gasteiger partial charge >= 0.3 is 0 Å². The Hall–Kier alpha value is -2.33. The van der Waals surface area contributed by atoms with E-state index in [9.17, 15) is 9.59 Å². The molecular formula is C20H21ClN2O2. The van der Waals surface area contributed by atoms with E-state index in [0.29, 0.717) is 30.2 Å². The minimum Gasteiger partial charge on any atom is -0.352 e. The number of carbonyl (C=O) groups excluding carboxylic acids is 2. The molecule has 3 rings (SSSR count). The van der Waals surface area contributed by atoms with Crippen LogP contribution in [0.5, 0.6) is 0 Å². The molecule has 2 aromatic carbocycles. The largest absolute Gasteiger partial charge is 0.352 e. The van der Waals surface area contributed by atoms with Crippen molar-refractivity contribution < 1.29 is 9.59 Å². The molecule has 1 heterocycles. The first-order valence-electron chi connectivity index (χ1n) is 8.50. The van der Waals surface area contributed by atoms with Crippen molar-refractivity contribution in [3.8, 4) is 0 Å². The number of amides is 2. The van der Waals surface area contributed by atoms with E-state index in [2.05, 4.69) is 5.32 Å². The molecule has 1 saturated heterocycles. The lowest BCUT2D eigenvalue weighted by molar-refractivity contribution is -0.126. The van der Waals surface area contributed by atoms with E-state index in [4.69, 9.17) is 11.6 Å². The summed E-state index contributed by atoms with van der Waals surface area (Å²) in [6, 6.07) is 16.8. The maximum Gasteiger partial charge on any atom is 0.253 e. The number of likely N-dealkylation sites (tertiary alicyclic amines) is 1. The van der Waals surface area contributed by atoms with Crippen molar-refractivity contribution >= 4 is 23.4 Å². The number of carbonyl (C=O) groups is 2. The van der Waals surface area contributed by atoms with Crippen molar-refractivity contribution in [2.45, 2.75) is 19.4 Å². The van der Waals surface area contributed by atoms with Gasteiger partial charge in [0.2, 0.25) is 5.91 Å². The Labute approximate surface area is 152 Å². The maximum atomic E-state index is 12.6. The smallest absolute Gasteiger partial charge is 0.253 e. The number of rotatable bonds is 4. The topological polar surface area (TPSA) is 49.4 Å². The second-order valence-corrected chi connectivity index (χ2v) is 6.74.